The van der Waals surface area contributed by atoms with Crippen molar-refractivity contribution >= 4 is 27.5 Å². The van der Waals surface area contributed by atoms with Crippen LogP contribution in [0.5, 0.6) is 0 Å². The quantitative estimate of drug-likeness (QED) is 0.816. The van der Waals surface area contributed by atoms with E-state index in [1.165, 1.54) is 6.07 Å². The first-order valence-corrected chi connectivity index (χ1v) is 7.17. The summed E-state index contributed by atoms with van der Waals surface area (Å²) in [6.07, 6.45) is 0. The van der Waals surface area contributed by atoms with Gasteiger partial charge in [-0.1, -0.05) is 45.7 Å². The van der Waals surface area contributed by atoms with E-state index in [0.717, 1.165) is 15.1 Å². The maximum absolute atomic E-state index is 13.6. The number of halogens is 3. The number of nitrogens with one attached hydrogen (secondary N) is 1. The van der Waals surface area contributed by atoms with Gasteiger partial charge >= 0.3 is 0 Å². The van der Waals surface area contributed by atoms with Gasteiger partial charge in [0.2, 0.25) is 0 Å². The summed E-state index contributed by atoms with van der Waals surface area (Å²) in [4.78, 5) is 0. The zero-order valence-corrected chi connectivity index (χ0v) is 12.8. The van der Waals surface area contributed by atoms with Gasteiger partial charge < -0.3 is 5.32 Å². The predicted molar refractivity (Wildman–Crippen MR) is 80.8 cm³/mol. The number of hydrogen-bond acceptors (Lipinski definition) is 1. The molecule has 0 unspecified atom stereocenters. The summed E-state index contributed by atoms with van der Waals surface area (Å²) in [6, 6.07) is 12.7. The number of benzene rings is 2. The lowest BCUT2D eigenvalue weighted by atomic mass is 10.1. The van der Waals surface area contributed by atoms with Crippen LogP contribution in [0.3, 0.4) is 0 Å². The Bertz CT molecular complexity index is 574. The molecule has 0 bridgehead atoms. The van der Waals surface area contributed by atoms with Gasteiger partial charge in [0.25, 0.3) is 0 Å². The van der Waals surface area contributed by atoms with E-state index < -0.39 is 0 Å². The van der Waals surface area contributed by atoms with E-state index in [1.807, 2.05) is 31.2 Å². The second-order valence-corrected chi connectivity index (χ2v) is 5.68. The molecule has 1 nitrogen and oxygen atoms in total. The van der Waals surface area contributed by atoms with Crippen LogP contribution < -0.4 is 5.32 Å². The summed E-state index contributed by atoms with van der Waals surface area (Å²) in [5.74, 6) is -0.206. The molecule has 100 valence electrons. The van der Waals surface area contributed by atoms with Gasteiger partial charge in [-0.3, -0.25) is 0 Å². The highest BCUT2D eigenvalue weighted by Crippen LogP contribution is 2.23. The Morgan fingerprint density at radius 1 is 1.26 bits per heavy atom. The zero-order chi connectivity index (χ0) is 13.8. The first kappa shape index (κ1) is 14.5. The van der Waals surface area contributed by atoms with Crippen LogP contribution in [0.15, 0.2) is 46.9 Å². The minimum absolute atomic E-state index is 0.0621. The standard InChI is InChI=1S/C15H14BrClFN/c1-10(13-4-2-3-5-14(13)17)19-9-11-8-12(16)6-7-15(11)18/h2-8,10,19H,9H2,1H3/t10-/m0/s1. The molecule has 2 aromatic rings. The van der Waals surface area contributed by atoms with Crippen LogP contribution in [-0.4, -0.2) is 0 Å². The highest BCUT2D eigenvalue weighted by molar-refractivity contribution is 9.10. The van der Waals surface area contributed by atoms with Crippen molar-refractivity contribution in [2.24, 2.45) is 0 Å². The molecule has 0 aromatic heterocycles. The van der Waals surface area contributed by atoms with Crippen molar-refractivity contribution in [1.29, 1.82) is 0 Å². The van der Waals surface area contributed by atoms with E-state index in [4.69, 9.17) is 11.6 Å². The summed E-state index contributed by atoms with van der Waals surface area (Å²) in [7, 11) is 0. The smallest absolute Gasteiger partial charge is 0.127 e. The van der Waals surface area contributed by atoms with Crippen molar-refractivity contribution in [3.05, 3.63) is 68.9 Å². The Kier molecular flexibility index (Phi) is 4.97. The molecule has 4 heteroatoms. The predicted octanol–water partition coefficient (Wildman–Crippen LogP) is 5.09. The fraction of sp³-hybridized carbons (Fsp3) is 0.200. The fourth-order valence-electron chi connectivity index (χ4n) is 1.88. The molecule has 0 saturated heterocycles. The first-order chi connectivity index (χ1) is 9.08. The Morgan fingerprint density at radius 2 is 2.00 bits per heavy atom. The lowest BCUT2D eigenvalue weighted by Crippen LogP contribution is -2.19. The highest BCUT2D eigenvalue weighted by Gasteiger charge is 2.10. The maximum Gasteiger partial charge on any atom is 0.127 e. The Hall–Kier alpha value is -0.900. The largest absolute Gasteiger partial charge is 0.306 e. The minimum atomic E-state index is -0.206. The van der Waals surface area contributed by atoms with Crippen LogP contribution >= 0.6 is 27.5 Å². The summed E-state index contributed by atoms with van der Waals surface area (Å²) >= 11 is 9.48. The van der Waals surface area contributed by atoms with Crippen LogP contribution in [0.4, 0.5) is 4.39 Å². The van der Waals surface area contributed by atoms with Crippen molar-refractivity contribution in [2.45, 2.75) is 19.5 Å². The van der Waals surface area contributed by atoms with Gasteiger partial charge in [-0.15, -0.1) is 0 Å². The number of hydrogen-bond donors (Lipinski definition) is 1. The second kappa shape index (κ2) is 6.51. The lowest BCUT2D eigenvalue weighted by molar-refractivity contribution is 0.544. The molecular weight excluding hydrogens is 329 g/mol. The Labute approximate surface area is 125 Å². The molecule has 0 aliphatic heterocycles. The second-order valence-electron chi connectivity index (χ2n) is 4.36. The molecule has 0 heterocycles. The fourth-order valence-corrected chi connectivity index (χ4v) is 2.59. The van der Waals surface area contributed by atoms with E-state index in [2.05, 4.69) is 21.2 Å². The summed E-state index contributed by atoms with van der Waals surface area (Å²) < 4.78 is 14.5. The molecule has 0 fully saturated rings. The van der Waals surface area contributed by atoms with Gasteiger partial charge in [0, 0.05) is 27.6 Å². The van der Waals surface area contributed by atoms with Crippen LogP contribution in [0.2, 0.25) is 5.02 Å². The SMILES string of the molecule is C[C@H](NCc1cc(Br)ccc1F)c1ccccc1Cl. The minimum Gasteiger partial charge on any atom is -0.306 e. The molecule has 2 rings (SSSR count). The third-order valence-corrected chi connectivity index (χ3v) is 3.82. The van der Waals surface area contributed by atoms with E-state index in [1.54, 1.807) is 12.1 Å². The summed E-state index contributed by atoms with van der Waals surface area (Å²) in [5, 5.41) is 4.00. The van der Waals surface area contributed by atoms with Gasteiger partial charge in [-0.05, 0) is 36.8 Å². The maximum atomic E-state index is 13.6. The number of rotatable bonds is 4. The highest BCUT2D eigenvalue weighted by atomic mass is 79.9. The van der Waals surface area contributed by atoms with Gasteiger partial charge in [0.1, 0.15) is 5.82 Å². The van der Waals surface area contributed by atoms with Gasteiger partial charge in [-0.2, -0.15) is 0 Å². The molecule has 0 amide bonds. The average Bonchev–Trinajstić information content (AvgIpc) is 2.40. The van der Waals surface area contributed by atoms with Crippen LogP contribution in [0.1, 0.15) is 24.1 Å². The Balaban J connectivity index is 2.06. The average molecular weight is 343 g/mol. The first-order valence-electron chi connectivity index (χ1n) is 5.99. The molecule has 0 saturated carbocycles. The topological polar surface area (TPSA) is 12.0 Å². The van der Waals surface area contributed by atoms with E-state index >= 15 is 0 Å². The van der Waals surface area contributed by atoms with Crippen molar-refractivity contribution in [3.63, 3.8) is 0 Å². The van der Waals surface area contributed by atoms with Crippen molar-refractivity contribution in [2.75, 3.05) is 0 Å². The zero-order valence-electron chi connectivity index (χ0n) is 10.5. The van der Waals surface area contributed by atoms with Gasteiger partial charge in [-0.25, -0.2) is 4.39 Å². The molecule has 0 aliphatic rings. The van der Waals surface area contributed by atoms with Gasteiger partial charge in [0.05, 0.1) is 0 Å². The van der Waals surface area contributed by atoms with Crippen LogP contribution in [0, 0.1) is 5.82 Å². The molecular formula is C15H14BrClFN. The molecule has 0 aliphatic carbocycles. The van der Waals surface area contributed by atoms with E-state index in [-0.39, 0.29) is 11.9 Å². The third kappa shape index (κ3) is 3.78. The summed E-state index contributed by atoms with van der Waals surface area (Å²) in [6.45, 7) is 2.47. The van der Waals surface area contributed by atoms with E-state index in [0.29, 0.717) is 12.1 Å². The van der Waals surface area contributed by atoms with Crippen molar-refractivity contribution < 1.29 is 4.39 Å². The van der Waals surface area contributed by atoms with Gasteiger partial charge in [0.15, 0.2) is 0 Å². The van der Waals surface area contributed by atoms with Crippen LogP contribution in [0.25, 0.3) is 0 Å². The molecule has 1 atom stereocenters. The summed E-state index contributed by atoms with van der Waals surface area (Å²) in [5.41, 5.74) is 1.65. The monoisotopic (exact) mass is 341 g/mol. The third-order valence-electron chi connectivity index (χ3n) is 2.98. The molecule has 0 radical (unpaired) electrons. The normalized spacial score (nSPS) is 12.4. The molecule has 1 N–H and O–H groups in total. The van der Waals surface area contributed by atoms with Crippen molar-refractivity contribution in [1.82, 2.24) is 5.32 Å². The molecule has 0 spiro atoms. The molecule has 19 heavy (non-hydrogen) atoms. The van der Waals surface area contributed by atoms with E-state index in [9.17, 15) is 4.39 Å². The Morgan fingerprint density at radius 3 is 2.74 bits per heavy atom. The molecule has 2 aromatic carbocycles. The lowest BCUT2D eigenvalue weighted by Gasteiger charge is -2.16. The van der Waals surface area contributed by atoms with Crippen molar-refractivity contribution in [3.8, 4) is 0 Å². The van der Waals surface area contributed by atoms with Crippen LogP contribution in [-0.2, 0) is 6.54 Å².